The van der Waals surface area contributed by atoms with Gasteiger partial charge < -0.3 is 9.47 Å². The average Bonchev–Trinajstić information content (AvgIpc) is 2.53. The van der Waals surface area contributed by atoms with Gasteiger partial charge in [-0.3, -0.25) is 4.79 Å². The Kier molecular flexibility index (Phi) is 5.81. The minimum absolute atomic E-state index is 0.0497. The molecule has 0 unspecified atom stereocenters. The maximum Gasteiger partial charge on any atom is 0.277 e. The maximum atomic E-state index is 11.8. The van der Waals surface area contributed by atoms with E-state index in [2.05, 4.69) is 24.4 Å². The number of benzene rings is 1. The number of methoxy groups -OCH3 is 1. The molecule has 22 heavy (non-hydrogen) atoms. The van der Waals surface area contributed by atoms with Crippen molar-refractivity contribution in [3.8, 4) is 11.5 Å². The van der Waals surface area contributed by atoms with Crippen LogP contribution >= 0.6 is 0 Å². The van der Waals surface area contributed by atoms with Crippen molar-refractivity contribution in [2.75, 3.05) is 13.7 Å². The van der Waals surface area contributed by atoms with Crippen molar-refractivity contribution < 1.29 is 14.3 Å². The molecule has 120 valence electrons. The Balaban J connectivity index is 1.82. The van der Waals surface area contributed by atoms with E-state index in [0.29, 0.717) is 17.6 Å². The smallest absolute Gasteiger partial charge is 0.277 e. The van der Waals surface area contributed by atoms with Crippen molar-refractivity contribution >= 4 is 11.6 Å². The van der Waals surface area contributed by atoms with E-state index in [1.807, 2.05) is 0 Å². The molecule has 0 saturated heterocycles. The number of nitrogens with one attached hydrogen (secondary N) is 1. The van der Waals surface area contributed by atoms with Crippen LogP contribution in [-0.4, -0.2) is 25.3 Å². The Bertz CT molecular complexity index is 513. The monoisotopic (exact) mass is 304 g/mol. The summed E-state index contributed by atoms with van der Waals surface area (Å²) in [5.74, 6) is 2.01. The first-order chi connectivity index (χ1) is 10.6. The number of hydrazone groups is 1. The zero-order chi connectivity index (χ0) is 15.9. The molecule has 1 aromatic rings. The second-order valence-electron chi connectivity index (χ2n) is 5.77. The number of carbonyl (C=O) groups excluding carboxylic acids is 1. The van der Waals surface area contributed by atoms with Crippen LogP contribution in [0.5, 0.6) is 11.5 Å². The van der Waals surface area contributed by atoms with Crippen LogP contribution in [0.2, 0.25) is 0 Å². The number of carbonyl (C=O) groups is 1. The van der Waals surface area contributed by atoms with E-state index in [0.717, 1.165) is 24.3 Å². The summed E-state index contributed by atoms with van der Waals surface area (Å²) in [6, 6.07) is 7.12. The van der Waals surface area contributed by atoms with Gasteiger partial charge in [-0.1, -0.05) is 20.3 Å². The molecule has 5 nitrogen and oxygen atoms in total. The molecule has 1 amide bonds. The molecule has 2 rings (SSSR count). The minimum atomic E-state index is -0.242. The third-order valence-corrected chi connectivity index (χ3v) is 4.02. The fourth-order valence-electron chi connectivity index (χ4n) is 2.71. The summed E-state index contributed by atoms with van der Waals surface area (Å²) in [7, 11) is 1.61. The van der Waals surface area contributed by atoms with Crippen LogP contribution in [0, 0.1) is 11.8 Å². The summed E-state index contributed by atoms with van der Waals surface area (Å²) in [5.41, 5.74) is 3.69. The van der Waals surface area contributed by atoms with Crippen LogP contribution in [0.4, 0.5) is 0 Å². The fraction of sp³-hybridized carbons (Fsp3) is 0.529. The molecular formula is C17H24N2O3. The second kappa shape index (κ2) is 7.82. The van der Waals surface area contributed by atoms with E-state index in [1.54, 1.807) is 31.4 Å². The summed E-state index contributed by atoms with van der Waals surface area (Å²) >= 11 is 0. The van der Waals surface area contributed by atoms with Gasteiger partial charge in [-0.15, -0.1) is 0 Å². The van der Waals surface area contributed by atoms with Crippen molar-refractivity contribution in [2.45, 2.75) is 33.1 Å². The van der Waals surface area contributed by atoms with Crippen LogP contribution in [0.1, 0.15) is 33.1 Å². The molecule has 1 fully saturated rings. The Morgan fingerprint density at radius 1 is 1.18 bits per heavy atom. The molecule has 0 aliphatic heterocycles. The third-order valence-electron chi connectivity index (χ3n) is 4.02. The van der Waals surface area contributed by atoms with Crippen molar-refractivity contribution in [3.05, 3.63) is 24.3 Å². The zero-order valence-electron chi connectivity index (χ0n) is 13.5. The molecule has 1 aromatic carbocycles. The van der Waals surface area contributed by atoms with Gasteiger partial charge >= 0.3 is 0 Å². The fourth-order valence-corrected chi connectivity index (χ4v) is 2.71. The predicted octanol–water partition coefficient (Wildman–Crippen LogP) is 3.00. The molecule has 5 heteroatoms. The van der Waals surface area contributed by atoms with Crippen molar-refractivity contribution in [3.63, 3.8) is 0 Å². The number of nitrogens with zero attached hydrogens (tertiary/aromatic N) is 1. The molecule has 1 saturated carbocycles. The van der Waals surface area contributed by atoms with Crippen LogP contribution in [-0.2, 0) is 4.79 Å². The first-order valence-corrected chi connectivity index (χ1v) is 7.73. The summed E-state index contributed by atoms with van der Waals surface area (Å²) in [5, 5.41) is 4.30. The standard InChI is InChI=1S/C17H24N2O3/c1-12-5-4-6-13(2)17(12)19-18-16(20)11-22-15-9-7-14(21-3)8-10-15/h7-10,12-13H,4-6,11H2,1-3H3,(H,18,20)/t12-,13+. The summed E-state index contributed by atoms with van der Waals surface area (Å²) in [6.07, 6.45) is 3.51. The van der Waals surface area contributed by atoms with Crippen molar-refractivity contribution in [1.82, 2.24) is 5.43 Å². The molecular weight excluding hydrogens is 280 g/mol. The molecule has 0 bridgehead atoms. The van der Waals surface area contributed by atoms with Gasteiger partial charge in [-0.2, -0.15) is 5.10 Å². The Morgan fingerprint density at radius 2 is 1.77 bits per heavy atom. The third kappa shape index (κ3) is 4.48. The molecule has 1 N–H and O–H groups in total. The molecule has 2 atom stereocenters. The average molecular weight is 304 g/mol. The van der Waals surface area contributed by atoms with Crippen LogP contribution in [0.3, 0.4) is 0 Å². The lowest BCUT2D eigenvalue weighted by Crippen LogP contribution is -2.31. The minimum Gasteiger partial charge on any atom is -0.497 e. The summed E-state index contributed by atoms with van der Waals surface area (Å²) in [6.45, 7) is 4.27. The zero-order valence-corrected chi connectivity index (χ0v) is 13.5. The lowest BCUT2D eigenvalue weighted by molar-refractivity contribution is -0.123. The number of hydrogen-bond donors (Lipinski definition) is 1. The van der Waals surface area contributed by atoms with Crippen LogP contribution in [0.15, 0.2) is 29.4 Å². The van der Waals surface area contributed by atoms with E-state index < -0.39 is 0 Å². The Hall–Kier alpha value is -2.04. The number of ether oxygens (including phenoxy) is 2. The first-order valence-electron chi connectivity index (χ1n) is 7.73. The maximum absolute atomic E-state index is 11.8. The van der Waals surface area contributed by atoms with Gasteiger partial charge in [0.15, 0.2) is 6.61 Å². The lowest BCUT2D eigenvalue weighted by atomic mass is 9.81. The van der Waals surface area contributed by atoms with Gasteiger partial charge in [0.05, 0.1) is 7.11 Å². The van der Waals surface area contributed by atoms with Gasteiger partial charge in [0.1, 0.15) is 11.5 Å². The van der Waals surface area contributed by atoms with E-state index in [4.69, 9.17) is 9.47 Å². The SMILES string of the molecule is COc1ccc(OCC(=O)NN=C2[C@H](C)CCC[C@@H]2C)cc1. The molecule has 1 aliphatic rings. The Labute approximate surface area is 131 Å². The van der Waals surface area contributed by atoms with E-state index in [9.17, 15) is 4.79 Å². The Morgan fingerprint density at radius 3 is 2.36 bits per heavy atom. The molecule has 0 aromatic heterocycles. The van der Waals surface area contributed by atoms with E-state index in [-0.39, 0.29) is 12.5 Å². The first kappa shape index (κ1) is 16.3. The topological polar surface area (TPSA) is 59.9 Å². The number of hydrogen-bond acceptors (Lipinski definition) is 4. The highest BCUT2D eigenvalue weighted by atomic mass is 16.5. The summed E-state index contributed by atoms with van der Waals surface area (Å²) < 4.78 is 10.5. The van der Waals surface area contributed by atoms with E-state index in [1.165, 1.54) is 6.42 Å². The molecule has 1 aliphatic carbocycles. The van der Waals surface area contributed by atoms with E-state index >= 15 is 0 Å². The molecule has 0 heterocycles. The lowest BCUT2D eigenvalue weighted by Gasteiger charge is -2.26. The highest BCUT2D eigenvalue weighted by Gasteiger charge is 2.23. The highest BCUT2D eigenvalue weighted by Crippen LogP contribution is 2.25. The van der Waals surface area contributed by atoms with Gasteiger partial charge in [0.2, 0.25) is 0 Å². The number of amides is 1. The van der Waals surface area contributed by atoms with Crippen LogP contribution < -0.4 is 14.9 Å². The van der Waals surface area contributed by atoms with Crippen molar-refractivity contribution in [2.24, 2.45) is 16.9 Å². The van der Waals surface area contributed by atoms with Gasteiger partial charge in [-0.05, 0) is 48.9 Å². The second-order valence-corrected chi connectivity index (χ2v) is 5.77. The summed E-state index contributed by atoms with van der Waals surface area (Å²) in [4.78, 5) is 11.8. The van der Waals surface area contributed by atoms with Gasteiger partial charge in [0, 0.05) is 5.71 Å². The number of rotatable bonds is 5. The molecule has 0 radical (unpaired) electrons. The predicted molar refractivity (Wildman–Crippen MR) is 86.2 cm³/mol. The normalized spacial score (nSPS) is 23.1. The van der Waals surface area contributed by atoms with Gasteiger partial charge in [-0.25, -0.2) is 5.43 Å². The van der Waals surface area contributed by atoms with Crippen LogP contribution in [0.25, 0.3) is 0 Å². The van der Waals surface area contributed by atoms with Crippen molar-refractivity contribution in [1.29, 1.82) is 0 Å². The largest absolute Gasteiger partial charge is 0.497 e. The highest BCUT2D eigenvalue weighted by molar-refractivity contribution is 5.90. The van der Waals surface area contributed by atoms with Gasteiger partial charge in [0.25, 0.3) is 5.91 Å². The molecule has 0 spiro atoms. The quantitative estimate of drug-likeness (QED) is 0.851.